The highest BCUT2D eigenvalue weighted by molar-refractivity contribution is 6.18. The van der Waals surface area contributed by atoms with Gasteiger partial charge < -0.3 is 0 Å². The van der Waals surface area contributed by atoms with E-state index in [0.717, 1.165) is 47.9 Å². The van der Waals surface area contributed by atoms with Gasteiger partial charge in [-0.3, -0.25) is 4.79 Å². The van der Waals surface area contributed by atoms with Crippen molar-refractivity contribution in [3.05, 3.63) is 70.8 Å². The summed E-state index contributed by atoms with van der Waals surface area (Å²) in [5, 5.41) is 0. The molecule has 0 aliphatic heterocycles. The Labute approximate surface area is 142 Å². The summed E-state index contributed by atoms with van der Waals surface area (Å²) >= 11 is 11.6. The summed E-state index contributed by atoms with van der Waals surface area (Å²) in [6.07, 6.45) is 3.41. The number of hydrogen-bond acceptors (Lipinski definition) is 1. The molecule has 0 radical (unpaired) electrons. The molecule has 0 atom stereocenters. The van der Waals surface area contributed by atoms with Crippen molar-refractivity contribution in [2.24, 2.45) is 0 Å². The van der Waals surface area contributed by atoms with E-state index in [1.165, 1.54) is 0 Å². The van der Waals surface area contributed by atoms with E-state index in [4.69, 9.17) is 23.2 Å². The van der Waals surface area contributed by atoms with E-state index < -0.39 is 0 Å². The van der Waals surface area contributed by atoms with Crippen LogP contribution in [0.5, 0.6) is 0 Å². The van der Waals surface area contributed by atoms with Gasteiger partial charge in [-0.2, -0.15) is 0 Å². The van der Waals surface area contributed by atoms with E-state index in [9.17, 15) is 4.79 Å². The first-order valence-corrected chi connectivity index (χ1v) is 8.67. The molecule has 0 aliphatic rings. The van der Waals surface area contributed by atoms with Crippen LogP contribution in [0.4, 0.5) is 0 Å². The molecule has 0 bridgehead atoms. The lowest BCUT2D eigenvalue weighted by Gasteiger charge is -2.11. The van der Waals surface area contributed by atoms with Crippen LogP contribution in [0.15, 0.2) is 48.5 Å². The van der Waals surface area contributed by atoms with Gasteiger partial charge in [0.1, 0.15) is 0 Å². The van der Waals surface area contributed by atoms with Crippen LogP contribution >= 0.6 is 23.2 Å². The molecule has 0 saturated carbocycles. The largest absolute Gasteiger partial charge is 0.289 e. The number of rotatable bonds is 8. The molecular formula is C19H20Cl2O. The van der Waals surface area contributed by atoms with Gasteiger partial charge in [-0.25, -0.2) is 0 Å². The third-order valence-corrected chi connectivity index (χ3v) is 4.22. The number of benzene rings is 2. The summed E-state index contributed by atoms with van der Waals surface area (Å²) < 4.78 is 0. The fourth-order valence-electron chi connectivity index (χ4n) is 2.58. The number of hydrogen-bond donors (Lipinski definition) is 0. The smallest absolute Gasteiger partial charge is 0.193 e. The Hall–Kier alpha value is -1.31. The van der Waals surface area contributed by atoms with Gasteiger partial charge in [0.25, 0.3) is 0 Å². The van der Waals surface area contributed by atoms with E-state index in [1.54, 1.807) is 0 Å². The van der Waals surface area contributed by atoms with Gasteiger partial charge in [0.2, 0.25) is 0 Å². The van der Waals surface area contributed by atoms with Crippen LogP contribution in [0, 0.1) is 0 Å². The second kappa shape index (κ2) is 8.97. The SMILES string of the molecule is O=C(c1ccccc1CCCCl)c1ccccc1CCCCl. The lowest BCUT2D eigenvalue weighted by molar-refractivity contribution is 0.103. The fourth-order valence-corrected chi connectivity index (χ4v) is 2.85. The van der Waals surface area contributed by atoms with Gasteiger partial charge in [-0.05, 0) is 36.8 Å². The zero-order valence-electron chi connectivity index (χ0n) is 12.5. The lowest BCUT2D eigenvalue weighted by atomic mass is 9.92. The summed E-state index contributed by atoms with van der Waals surface area (Å²) in [6, 6.07) is 15.6. The van der Waals surface area contributed by atoms with Gasteiger partial charge in [0, 0.05) is 22.9 Å². The number of halogens is 2. The summed E-state index contributed by atoms with van der Waals surface area (Å²) in [4.78, 5) is 12.9. The molecule has 0 amide bonds. The maximum atomic E-state index is 12.9. The summed E-state index contributed by atoms with van der Waals surface area (Å²) in [6.45, 7) is 0. The molecule has 3 heteroatoms. The third-order valence-electron chi connectivity index (χ3n) is 3.68. The fraction of sp³-hybridized carbons (Fsp3) is 0.316. The number of alkyl halides is 2. The van der Waals surface area contributed by atoms with Gasteiger partial charge in [-0.15, -0.1) is 23.2 Å². The summed E-state index contributed by atoms with van der Waals surface area (Å²) in [7, 11) is 0. The first kappa shape index (κ1) is 17.1. The predicted molar refractivity (Wildman–Crippen MR) is 94.4 cm³/mol. The van der Waals surface area contributed by atoms with Gasteiger partial charge in [-0.1, -0.05) is 48.5 Å². The highest BCUT2D eigenvalue weighted by Gasteiger charge is 2.15. The molecule has 2 aromatic carbocycles. The van der Waals surface area contributed by atoms with Crippen LogP contribution in [-0.2, 0) is 12.8 Å². The average Bonchev–Trinajstić information content (AvgIpc) is 2.58. The molecule has 1 nitrogen and oxygen atoms in total. The topological polar surface area (TPSA) is 17.1 Å². The normalized spacial score (nSPS) is 10.6. The molecule has 22 heavy (non-hydrogen) atoms. The zero-order valence-corrected chi connectivity index (χ0v) is 14.0. The molecular weight excluding hydrogens is 315 g/mol. The Morgan fingerprint density at radius 1 is 0.727 bits per heavy atom. The first-order valence-electron chi connectivity index (χ1n) is 7.60. The molecule has 0 N–H and O–H groups in total. The van der Waals surface area contributed by atoms with Crippen molar-refractivity contribution >= 4 is 29.0 Å². The number of ketones is 1. The first-order chi connectivity index (χ1) is 10.8. The standard InChI is InChI=1S/C19H20Cl2O/c20-13-5-9-15-7-1-3-11-17(15)19(22)18-12-4-2-8-16(18)10-6-14-21/h1-4,7-8,11-12H,5-6,9-10,13-14H2. The van der Waals surface area contributed by atoms with Crippen LogP contribution in [0.1, 0.15) is 39.9 Å². The molecule has 116 valence electrons. The Bertz CT molecular complexity index is 569. The second-order valence-electron chi connectivity index (χ2n) is 5.23. The number of carbonyl (C=O) groups excluding carboxylic acids is 1. The minimum absolute atomic E-state index is 0.0929. The molecule has 0 unspecified atom stereocenters. The van der Waals surface area contributed by atoms with Crippen LogP contribution < -0.4 is 0 Å². The minimum Gasteiger partial charge on any atom is -0.289 e. The molecule has 0 heterocycles. The number of aryl methyl sites for hydroxylation is 2. The molecule has 2 aromatic rings. The van der Waals surface area contributed by atoms with E-state index in [0.29, 0.717) is 11.8 Å². The van der Waals surface area contributed by atoms with Crippen molar-refractivity contribution in [3.63, 3.8) is 0 Å². The Morgan fingerprint density at radius 3 is 1.55 bits per heavy atom. The monoisotopic (exact) mass is 334 g/mol. The molecule has 0 spiro atoms. The van der Waals surface area contributed by atoms with Crippen LogP contribution in [0.25, 0.3) is 0 Å². The third kappa shape index (κ3) is 4.34. The summed E-state index contributed by atoms with van der Waals surface area (Å²) in [5.41, 5.74) is 3.71. The predicted octanol–water partition coefficient (Wildman–Crippen LogP) is 5.26. The average molecular weight is 335 g/mol. The van der Waals surface area contributed by atoms with E-state index in [2.05, 4.69) is 0 Å². The Kier molecular flexibility index (Phi) is 6.95. The zero-order chi connectivity index (χ0) is 15.8. The second-order valence-corrected chi connectivity index (χ2v) is 5.98. The van der Waals surface area contributed by atoms with Crippen molar-refractivity contribution in [2.45, 2.75) is 25.7 Å². The number of carbonyl (C=O) groups is 1. The molecule has 0 fully saturated rings. The van der Waals surface area contributed by atoms with Gasteiger partial charge >= 0.3 is 0 Å². The maximum Gasteiger partial charge on any atom is 0.193 e. The van der Waals surface area contributed by atoms with Crippen LogP contribution in [0.2, 0.25) is 0 Å². The van der Waals surface area contributed by atoms with Crippen molar-refractivity contribution in [1.82, 2.24) is 0 Å². The van der Waals surface area contributed by atoms with Gasteiger partial charge in [0.15, 0.2) is 5.78 Å². The van der Waals surface area contributed by atoms with E-state index in [-0.39, 0.29) is 5.78 Å². The van der Waals surface area contributed by atoms with Crippen LogP contribution in [-0.4, -0.2) is 17.5 Å². The van der Waals surface area contributed by atoms with Crippen molar-refractivity contribution in [3.8, 4) is 0 Å². The Morgan fingerprint density at radius 2 is 1.14 bits per heavy atom. The highest BCUT2D eigenvalue weighted by Crippen LogP contribution is 2.20. The summed E-state index contributed by atoms with van der Waals surface area (Å²) in [5.74, 6) is 1.30. The van der Waals surface area contributed by atoms with Crippen molar-refractivity contribution in [2.75, 3.05) is 11.8 Å². The van der Waals surface area contributed by atoms with E-state index in [1.807, 2.05) is 48.5 Å². The lowest BCUT2D eigenvalue weighted by Crippen LogP contribution is -2.09. The highest BCUT2D eigenvalue weighted by atomic mass is 35.5. The van der Waals surface area contributed by atoms with E-state index >= 15 is 0 Å². The van der Waals surface area contributed by atoms with Crippen molar-refractivity contribution < 1.29 is 4.79 Å². The quantitative estimate of drug-likeness (QED) is 0.475. The van der Waals surface area contributed by atoms with Crippen molar-refractivity contribution in [1.29, 1.82) is 0 Å². The van der Waals surface area contributed by atoms with Crippen LogP contribution in [0.3, 0.4) is 0 Å². The minimum atomic E-state index is 0.0929. The molecule has 0 aromatic heterocycles. The molecule has 0 aliphatic carbocycles. The maximum absolute atomic E-state index is 12.9. The van der Waals surface area contributed by atoms with Gasteiger partial charge in [0.05, 0.1) is 0 Å². The molecule has 0 saturated heterocycles. The Balaban J connectivity index is 2.32. The molecule has 2 rings (SSSR count).